The maximum Gasteiger partial charge on any atom is 0.244 e. The topological polar surface area (TPSA) is 57.6 Å². The molecule has 0 fully saturated rings. The standard InChI is InChI=1S/C14H22BrNO3S/c1-10(14(2,3)4)16(5)20(18,19)13-7-6-11(9-17)8-12(13)15/h6-8,10,17H,9H2,1-5H3. The molecule has 1 aromatic rings. The highest BCUT2D eigenvalue weighted by molar-refractivity contribution is 9.10. The number of rotatable bonds is 4. The third-order valence-corrected chi connectivity index (χ3v) is 6.54. The summed E-state index contributed by atoms with van der Waals surface area (Å²) in [4.78, 5) is 0.216. The highest BCUT2D eigenvalue weighted by Crippen LogP contribution is 2.31. The van der Waals surface area contributed by atoms with Crippen LogP contribution in [0.2, 0.25) is 0 Å². The third kappa shape index (κ3) is 3.61. The summed E-state index contributed by atoms with van der Waals surface area (Å²) in [6, 6.07) is 4.63. The van der Waals surface area contributed by atoms with E-state index in [1.165, 1.54) is 10.4 Å². The predicted octanol–water partition coefficient (Wildman–Crippen LogP) is 3.00. The Kier molecular flexibility index (Phi) is 5.40. The quantitative estimate of drug-likeness (QED) is 0.894. The number of aliphatic hydroxyl groups excluding tert-OH is 1. The Labute approximate surface area is 130 Å². The first-order valence-electron chi connectivity index (χ1n) is 6.39. The Bertz CT molecular complexity index is 579. The van der Waals surface area contributed by atoms with Crippen molar-refractivity contribution >= 4 is 26.0 Å². The molecule has 20 heavy (non-hydrogen) atoms. The molecule has 0 saturated carbocycles. The summed E-state index contributed by atoms with van der Waals surface area (Å²) in [5.74, 6) is 0. The van der Waals surface area contributed by atoms with Crippen LogP contribution in [0.5, 0.6) is 0 Å². The van der Waals surface area contributed by atoms with Gasteiger partial charge in [-0.3, -0.25) is 0 Å². The lowest BCUT2D eigenvalue weighted by Gasteiger charge is -2.34. The summed E-state index contributed by atoms with van der Waals surface area (Å²) in [6.45, 7) is 7.80. The minimum atomic E-state index is -3.57. The van der Waals surface area contributed by atoms with Gasteiger partial charge in [-0.15, -0.1) is 0 Å². The molecule has 1 N–H and O–H groups in total. The van der Waals surface area contributed by atoms with Gasteiger partial charge in [0.1, 0.15) is 0 Å². The average Bonchev–Trinajstić information content (AvgIpc) is 2.35. The van der Waals surface area contributed by atoms with E-state index in [-0.39, 0.29) is 23.0 Å². The Morgan fingerprint density at radius 3 is 2.30 bits per heavy atom. The number of sulfonamides is 1. The Balaban J connectivity index is 3.24. The molecule has 0 saturated heterocycles. The van der Waals surface area contributed by atoms with E-state index in [1.807, 2.05) is 27.7 Å². The smallest absolute Gasteiger partial charge is 0.244 e. The van der Waals surface area contributed by atoms with Crippen LogP contribution in [0.25, 0.3) is 0 Å². The molecular weight excluding hydrogens is 342 g/mol. The maximum atomic E-state index is 12.7. The van der Waals surface area contributed by atoms with Crippen LogP contribution in [0.15, 0.2) is 27.6 Å². The highest BCUT2D eigenvalue weighted by atomic mass is 79.9. The van der Waals surface area contributed by atoms with Gasteiger partial charge in [-0.25, -0.2) is 8.42 Å². The number of hydrogen-bond acceptors (Lipinski definition) is 3. The van der Waals surface area contributed by atoms with Crippen LogP contribution in [0.1, 0.15) is 33.3 Å². The van der Waals surface area contributed by atoms with Gasteiger partial charge in [-0.05, 0) is 46.0 Å². The van der Waals surface area contributed by atoms with Crippen molar-refractivity contribution in [1.29, 1.82) is 0 Å². The van der Waals surface area contributed by atoms with Gasteiger partial charge in [-0.2, -0.15) is 4.31 Å². The van der Waals surface area contributed by atoms with Gasteiger partial charge in [0.15, 0.2) is 0 Å². The van der Waals surface area contributed by atoms with Crippen LogP contribution in [-0.2, 0) is 16.6 Å². The molecular formula is C14H22BrNO3S. The SMILES string of the molecule is CC(N(C)S(=O)(=O)c1ccc(CO)cc1Br)C(C)(C)C. The zero-order valence-electron chi connectivity index (χ0n) is 12.5. The lowest BCUT2D eigenvalue weighted by Crippen LogP contribution is -2.42. The molecule has 0 radical (unpaired) electrons. The molecule has 114 valence electrons. The van der Waals surface area contributed by atoms with Crippen LogP contribution in [0, 0.1) is 5.41 Å². The van der Waals surface area contributed by atoms with Gasteiger partial charge in [-0.1, -0.05) is 26.8 Å². The molecule has 1 unspecified atom stereocenters. The van der Waals surface area contributed by atoms with Crippen molar-refractivity contribution in [1.82, 2.24) is 4.31 Å². The number of halogens is 1. The van der Waals surface area contributed by atoms with Crippen molar-refractivity contribution in [3.05, 3.63) is 28.2 Å². The normalized spacial score (nSPS) is 14.6. The Morgan fingerprint density at radius 2 is 1.90 bits per heavy atom. The number of nitrogens with zero attached hydrogens (tertiary/aromatic N) is 1. The van der Waals surface area contributed by atoms with Crippen LogP contribution in [-0.4, -0.2) is 30.9 Å². The molecule has 0 aliphatic heterocycles. The van der Waals surface area contributed by atoms with E-state index in [0.29, 0.717) is 10.0 Å². The molecule has 4 nitrogen and oxygen atoms in total. The summed E-state index contributed by atoms with van der Waals surface area (Å²) in [7, 11) is -1.98. The fourth-order valence-corrected chi connectivity index (χ4v) is 4.39. The van der Waals surface area contributed by atoms with E-state index in [0.717, 1.165) is 0 Å². The first kappa shape index (κ1) is 17.6. The molecule has 0 aliphatic carbocycles. The number of benzene rings is 1. The largest absolute Gasteiger partial charge is 0.392 e. The molecule has 1 aromatic carbocycles. The lowest BCUT2D eigenvalue weighted by atomic mass is 9.88. The zero-order chi connectivity index (χ0) is 15.7. The van der Waals surface area contributed by atoms with Gasteiger partial charge in [0.25, 0.3) is 0 Å². The van der Waals surface area contributed by atoms with E-state index in [4.69, 9.17) is 5.11 Å². The van der Waals surface area contributed by atoms with Crippen LogP contribution in [0.4, 0.5) is 0 Å². The second kappa shape index (κ2) is 6.13. The van der Waals surface area contributed by atoms with Crippen molar-refractivity contribution in [3.63, 3.8) is 0 Å². The maximum absolute atomic E-state index is 12.7. The van der Waals surface area contributed by atoms with Crippen molar-refractivity contribution in [2.24, 2.45) is 5.41 Å². The van der Waals surface area contributed by atoms with Crippen molar-refractivity contribution in [2.75, 3.05) is 7.05 Å². The number of hydrogen-bond donors (Lipinski definition) is 1. The van der Waals surface area contributed by atoms with Crippen molar-refractivity contribution in [3.8, 4) is 0 Å². The van der Waals surface area contributed by atoms with E-state index >= 15 is 0 Å². The van der Waals surface area contributed by atoms with Crippen LogP contribution in [0.3, 0.4) is 0 Å². The van der Waals surface area contributed by atoms with Crippen molar-refractivity contribution < 1.29 is 13.5 Å². The van der Waals surface area contributed by atoms with Gasteiger partial charge >= 0.3 is 0 Å². The molecule has 0 bridgehead atoms. The van der Waals surface area contributed by atoms with Crippen LogP contribution < -0.4 is 0 Å². The molecule has 1 rings (SSSR count). The average molecular weight is 364 g/mol. The Morgan fingerprint density at radius 1 is 1.35 bits per heavy atom. The van der Waals surface area contributed by atoms with Crippen molar-refractivity contribution in [2.45, 2.75) is 45.2 Å². The lowest BCUT2D eigenvalue weighted by molar-refractivity contribution is 0.216. The second-order valence-electron chi connectivity index (χ2n) is 5.99. The zero-order valence-corrected chi connectivity index (χ0v) is 14.9. The molecule has 0 spiro atoms. The fraction of sp³-hybridized carbons (Fsp3) is 0.571. The summed E-state index contributed by atoms with van der Waals surface area (Å²) >= 11 is 3.27. The van der Waals surface area contributed by atoms with E-state index in [2.05, 4.69) is 15.9 Å². The Hall–Kier alpha value is -0.430. The summed E-state index contributed by atoms with van der Waals surface area (Å²) in [6.07, 6.45) is 0. The first-order valence-corrected chi connectivity index (χ1v) is 8.62. The third-order valence-electron chi connectivity index (χ3n) is 3.63. The van der Waals surface area contributed by atoms with E-state index in [9.17, 15) is 8.42 Å². The molecule has 0 aromatic heterocycles. The summed E-state index contributed by atoms with van der Waals surface area (Å²) < 4.78 is 27.2. The minimum absolute atomic E-state index is 0.118. The number of aliphatic hydroxyl groups is 1. The second-order valence-corrected chi connectivity index (χ2v) is 8.81. The molecule has 6 heteroatoms. The molecule has 0 amide bonds. The monoisotopic (exact) mass is 363 g/mol. The highest BCUT2D eigenvalue weighted by Gasteiger charge is 2.33. The van der Waals surface area contributed by atoms with E-state index in [1.54, 1.807) is 19.2 Å². The summed E-state index contributed by atoms with van der Waals surface area (Å²) in [5.41, 5.74) is 0.515. The molecule has 0 aliphatic rings. The molecule has 1 atom stereocenters. The van der Waals surface area contributed by atoms with E-state index < -0.39 is 10.0 Å². The van der Waals surface area contributed by atoms with Crippen LogP contribution >= 0.6 is 15.9 Å². The summed E-state index contributed by atoms with van der Waals surface area (Å²) in [5, 5.41) is 9.08. The molecule has 0 heterocycles. The van der Waals surface area contributed by atoms with Gasteiger partial charge in [0, 0.05) is 17.6 Å². The predicted molar refractivity (Wildman–Crippen MR) is 83.9 cm³/mol. The van der Waals surface area contributed by atoms with Gasteiger partial charge in [0.05, 0.1) is 11.5 Å². The van der Waals surface area contributed by atoms with Gasteiger partial charge in [0.2, 0.25) is 10.0 Å². The van der Waals surface area contributed by atoms with Gasteiger partial charge < -0.3 is 5.11 Å². The minimum Gasteiger partial charge on any atom is -0.392 e. The fourth-order valence-electron chi connectivity index (χ4n) is 1.76. The first-order chi connectivity index (χ1) is 9.01.